The highest BCUT2D eigenvalue weighted by Crippen LogP contribution is 2.08. The van der Waals surface area contributed by atoms with E-state index >= 15 is 0 Å². The highest BCUT2D eigenvalue weighted by Gasteiger charge is 2.14. The first-order valence-corrected chi connectivity index (χ1v) is 5.56. The Labute approximate surface area is 96.9 Å². The molecule has 5 nitrogen and oxygen atoms in total. The summed E-state index contributed by atoms with van der Waals surface area (Å²) >= 11 is 6.93. The molecule has 0 saturated heterocycles. The Balaban J connectivity index is 2.40. The number of aryl methyl sites for hydroxylation is 1. The van der Waals surface area contributed by atoms with Crippen LogP contribution in [0.25, 0.3) is 0 Å². The van der Waals surface area contributed by atoms with Crippen LogP contribution >= 0.6 is 23.1 Å². The second-order valence-corrected chi connectivity index (χ2v) is 4.32. The van der Waals surface area contributed by atoms with E-state index in [-0.39, 0.29) is 11.3 Å². The fraction of sp³-hybridized carbons (Fsp3) is 0.625. The van der Waals surface area contributed by atoms with Gasteiger partial charge in [0.05, 0.1) is 17.7 Å². The lowest BCUT2D eigenvalue weighted by Gasteiger charge is -2.08. The molecule has 0 aliphatic heterocycles. The highest BCUT2D eigenvalue weighted by atomic mass is 35.5. The van der Waals surface area contributed by atoms with Gasteiger partial charge in [-0.25, -0.2) is 0 Å². The standard InChI is InChI=1S/C8H12ClN3O2S/c1-5-7(15-12-11-5)8(13)10-3-6(9)4-14-2/h6H,3-4H2,1-2H3,(H,10,13). The SMILES string of the molecule is COCC(Cl)CNC(=O)c1snnc1C. The first-order valence-electron chi connectivity index (χ1n) is 4.35. The molecule has 1 heterocycles. The molecule has 0 aliphatic carbocycles. The minimum absolute atomic E-state index is 0.191. The van der Waals surface area contributed by atoms with Crippen LogP contribution < -0.4 is 5.32 Å². The molecule has 84 valence electrons. The van der Waals surface area contributed by atoms with Gasteiger partial charge in [-0.15, -0.1) is 16.7 Å². The van der Waals surface area contributed by atoms with Crippen LogP contribution in [0.5, 0.6) is 0 Å². The summed E-state index contributed by atoms with van der Waals surface area (Å²) in [5.41, 5.74) is 0.635. The van der Waals surface area contributed by atoms with E-state index < -0.39 is 0 Å². The number of aromatic nitrogens is 2. The monoisotopic (exact) mass is 249 g/mol. The van der Waals surface area contributed by atoms with E-state index in [4.69, 9.17) is 16.3 Å². The number of alkyl halides is 1. The Morgan fingerprint density at radius 3 is 3.00 bits per heavy atom. The third-order valence-electron chi connectivity index (χ3n) is 1.69. The lowest BCUT2D eigenvalue weighted by Crippen LogP contribution is -2.31. The Morgan fingerprint density at radius 1 is 1.73 bits per heavy atom. The predicted octanol–water partition coefficient (Wildman–Crippen LogP) is 0.830. The van der Waals surface area contributed by atoms with E-state index in [1.165, 1.54) is 0 Å². The summed E-state index contributed by atoms with van der Waals surface area (Å²) in [6.07, 6.45) is 0. The van der Waals surface area contributed by atoms with Crippen molar-refractivity contribution in [2.45, 2.75) is 12.3 Å². The van der Waals surface area contributed by atoms with Crippen molar-refractivity contribution < 1.29 is 9.53 Å². The van der Waals surface area contributed by atoms with E-state index in [0.29, 0.717) is 23.7 Å². The average Bonchev–Trinajstić information content (AvgIpc) is 2.61. The van der Waals surface area contributed by atoms with Crippen LogP contribution in [0, 0.1) is 6.92 Å². The molecule has 0 aliphatic rings. The Morgan fingerprint density at radius 2 is 2.47 bits per heavy atom. The molecule has 0 saturated carbocycles. The van der Waals surface area contributed by atoms with E-state index in [0.717, 1.165) is 11.5 Å². The average molecular weight is 250 g/mol. The number of ether oxygens (including phenoxy) is 1. The van der Waals surface area contributed by atoms with Gasteiger partial charge >= 0.3 is 0 Å². The summed E-state index contributed by atoms with van der Waals surface area (Å²) in [6.45, 7) is 2.51. The smallest absolute Gasteiger partial charge is 0.264 e. The summed E-state index contributed by atoms with van der Waals surface area (Å²) < 4.78 is 8.52. The molecule has 0 aromatic carbocycles. The van der Waals surface area contributed by atoms with Gasteiger partial charge in [-0.05, 0) is 18.5 Å². The highest BCUT2D eigenvalue weighted by molar-refractivity contribution is 7.07. The van der Waals surface area contributed by atoms with Gasteiger partial charge in [-0.1, -0.05) is 4.49 Å². The zero-order chi connectivity index (χ0) is 11.3. The van der Waals surface area contributed by atoms with Crippen LogP contribution in [0.1, 0.15) is 15.4 Å². The Hall–Kier alpha value is -0.720. The van der Waals surface area contributed by atoms with E-state index in [2.05, 4.69) is 14.9 Å². The summed E-state index contributed by atoms with van der Waals surface area (Å²) in [5, 5.41) is 6.22. The molecule has 1 atom stereocenters. The Bertz CT molecular complexity index is 331. The van der Waals surface area contributed by atoms with Gasteiger partial charge in [-0.3, -0.25) is 4.79 Å². The van der Waals surface area contributed by atoms with E-state index in [9.17, 15) is 4.79 Å². The number of hydrogen-bond acceptors (Lipinski definition) is 5. The first-order chi connectivity index (χ1) is 7.15. The molecule has 0 radical (unpaired) electrons. The van der Waals surface area contributed by atoms with Crippen molar-refractivity contribution >= 4 is 29.0 Å². The largest absolute Gasteiger partial charge is 0.383 e. The molecule has 1 aromatic heterocycles. The fourth-order valence-corrected chi connectivity index (χ4v) is 1.74. The van der Waals surface area contributed by atoms with Gasteiger partial charge in [-0.2, -0.15) is 0 Å². The van der Waals surface area contributed by atoms with Crippen molar-refractivity contribution in [1.29, 1.82) is 0 Å². The number of carbonyl (C=O) groups excluding carboxylic acids is 1. The van der Waals surface area contributed by atoms with Gasteiger partial charge in [0.25, 0.3) is 5.91 Å². The number of hydrogen-bond donors (Lipinski definition) is 1. The van der Waals surface area contributed by atoms with Crippen LogP contribution in [0.15, 0.2) is 0 Å². The molecular weight excluding hydrogens is 238 g/mol. The maximum Gasteiger partial charge on any atom is 0.264 e. The molecule has 7 heteroatoms. The van der Waals surface area contributed by atoms with Crippen molar-refractivity contribution in [1.82, 2.24) is 14.9 Å². The van der Waals surface area contributed by atoms with E-state index in [1.54, 1.807) is 14.0 Å². The van der Waals surface area contributed by atoms with Crippen molar-refractivity contribution in [2.24, 2.45) is 0 Å². The number of nitrogens with one attached hydrogen (secondary N) is 1. The summed E-state index contributed by atoms with van der Waals surface area (Å²) in [5.74, 6) is -0.191. The van der Waals surface area contributed by atoms with Gasteiger partial charge in [0.2, 0.25) is 0 Å². The second-order valence-electron chi connectivity index (χ2n) is 2.95. The molecule has 0 fully saturated rings. The predicted molar refractivity (Wildman–Crippen MR) is 58.5 cm³/mol. The quantitative estimate of drug-likeness (QED) is 0.786. The van der Waals surface area contributed by atoms with Gasteiger partial charge in [0, 0.05) is 13.7 Å². The Kier molecular flexibility index (Phi) is 4.93. The molecule has 1 rings (SSSR count). The fourth-order valence-electron chi connectivity index (χ4n) is 0.963. The minimum Gasteiger partial charge on any atom is -0.383 e. The zero-order valence-electron chi connectivity index (χ0n) is 8.49. The second kappa shape index (κ2) is 5.99. The number of methoxy groups -OCH3 is 1. The van der Waals surface area contributed by atoms with Crippen LogP contribution in [0.3, 0.4) is 0 Å². The van der Waals surface area contributed by atoms with Gasteiger partial charge < -0.3 is 10.1 Å². The number of carbonyl (C=O) groups is 1. The molecule has 1 amide bonds. The zero-order valence-corrected chi connectivity index (χ0v) is 10.1. The van der Waals surface area contributed by atoms with Crippen molar-refractivity contribution in [3.05, 3.63) is 10.6 Å². The lowest BCUT2D eigenvalue weighted by molar-refractivity contribution is 0.0952. The van der Waals surface area contributed by atoms with Crippen molar-refractivity contribution in [3.8, 4) is 0 Å². The maximum atomic E-state index is 11.6. The van der Waals surface area contributed by atoms with Crippen molar-refractivity contribution in [2.75, 3.05) is 20.3 Å². The minimum atomic E-state index is -0.222. The van der Waals surface area contributed by atoms with Crippen LogP contribution in [0.4, 0.5) is 0 Å². The molecular formula is C8H12ClN3O2S. The normalized spacial score (nSPS) is 12.5. The number of nitrogens with zero attached hydrogens (tertiary/aromatic N) is 2. The number of rotatable bonds is 5. The third kappa shape index (κ3) is 3.73. The topological polar surface area (TPSA) is 64.1 Å². The van der Waals surface area contributed by atoms with Crippen LogP contribution in [-0.2, 0) is 4.74 Å². The molecule has 1 N–H and O–H groups in total. The first kappa shape index (κ1) is 12.4. The van der Waals surface area contributed by atoms with Crippen molar-refractivity contribution in [3.63, 3.8) is 0 Å². The molecule has 1 unspecified atom stereocenters. The maximum absolute atomic E-state index is 11.6. The molecule has 15 heavy (non-hydrogen) atoms. The summed E-state index contributed by atoms with van der Waals surface area (Å²) in [4.78, 5) is 12.1. The molecule has 0 spiro atoms. The third-order valence-corrected chi connectivity index (χ3v) is 2.80. The number of amides is 1. The lowest BCUT2D eigenvalue weighted by atomic mass is 10.3. The van der Waals surface area contributed by atoms with Crippen LogP contribution in [-0.4, -0.2) is 41.1 Å². The van der Waals surface area contributed by atoms with Gasteiger partial charge in [0.15, 0.2) is 0 Å². The van der Waals surface area contributed by atoms with E-state index in [1.807, 2.05) is 0 Å². The van der Waals surface area contributed by atoms with Gasteiger partial charge in [0.1, 0.15) is 4.88 Å². The molecule has 0 bridgehead atoms. The summed E-state index contributed by atoms with van der Waals surface area (Å²) in [6, 6.07) is 0. The van der Waals surface area contributed by atoms with Crippen LogP contribution in [0.2, 0.25) is 0 Å². The number of halogens is 1. The summed E-state index contributed by atoms with van der Waals surface area (Å²) in [7, 11) is 1.56. The molecule has 1 aromatic rings.